The molecule has 5 heteroatoms. The van der Waals surface area contributed by atoms with Gasteiger partial charge in [-0.2, -0.15) is 0 Å². The molecule has 1 amide bonds. The van der Waals surface area contributed by atoms with Crippen molar-refractivity contribution in [2.24, 2.45) is 0 Å². The molecule has 1 aliphatic rings. The van der Waals surface area contributed by atoms with Gasteiger partial charge in [-0.05, 0) is 56.0 Å². The summed E-state index contributed by atoms with van der Waals surface area (Å²) >= 11 is 6.07. The van der Waals surface area contributed by atoms with Crippen molar-refractivity contribution in [1.82, 2.24) is 14.5 Å². The molecule has 0 saturated heterocycles. The van der Waals surface area contributed by atoms with E-state index in [1.54, 1.807) is 0 Å². The Labute approximate surface area is 177 Å². The van der Waals surface area contributed by atoms with Crippen molar-refractivity contribution in [3.63, 3.8) is 0 Å². The average Bonchev–Trinajstić information content (AvgIpc) is 2.93. The van der Waals surface area contributed by atoms with Crippen LogP contribution in [0, 0.1) is 0 Å². The van der Waals surface area contributed by atoms with E-state index in [9.17, 15) is 4.79 Å². The van der Waals surface area contributed by atoms with Crippen molar-refractivity contribution >= 4 is 17.5 Å². The molecule has 0 aliphatic carbocycles. The molecule has 0 atom stereocenters. The van der Waals surface area contributed by atoms with Crippen molar-refractivity contribution < 1.29 is 4.79 Å². The molecule has 4 nitrogen and oxygen atoms in total. The van der Waals surface area contributed by atoms with Gasteiger partial charge < -0.3 is 9.47 Å². The molecule has 3 aromatic rings. The number of carbonyl (C=O) groups excluding carboxylic acids is 1. The van der Waals surface area contributed by atoms with E-state index in [0.717, 1.165) is 48.5 Å². The van der Waals surface area contributed by atoms with Crippen LogP contribution in [0.15, 0.2) is 54.6 Å². The summed E-state index contributed by atoms with van der Waals surface area (Å²) in [5.74, 6) is 0.889. The zero-order valence-corrected chi connectivity index (χ0v) is 17.5. The number of hydrogen-bond acceptors (Lipinski definition) is 2. The summed E-state index contributed by atoms with van der Waals surface area (Å²) in [7, 11) is 0. The lowest BCUT2D eigenvalue weighted by Crippen LogP contribution is -2.31. The Morgan fingerprint density at radius 1 is 1.07 bits per heavy atom. The normalized spacial score (nSPS) is 13.6. The van der Waals surface area contributed by atoms with Crippen molar-refractivity contribution in [2.75, 3.05) is 6.54 Å². The minimum absolute atomic E-state index is 0.0159. The highest BCUT2D eigenvalue weighted by Crippen LogP contribution is 2.29. The maximum atomic E-state index is 13.5. The maximum Gasteiger partial charge on any atom is 0.274 e. The number of hydrogen-bond donors (Lipinski definition) is 0. The van der Waals surface area contributed by atoms with Crippen LogP contribution < -0.4 is 0 Å². The van der Waals surface area contributed by atoms with Gasteiger partial charge in [-0.25, -0.2) is 4.98 Å². The zero-order chi connectivity index (χ0) is 20.2. The van der Waals surface area contributed by atoms with Crippen LogP contribution in [-0.4, -0.2) is 26.9 Å². The van der Waals surface area contributed by atoms with E-state index in [0.29, 0.717) is 23.8 Å². The summed E-state index contributed by atoms with van der Waals surface area (Å²) in [5, 5.41) is 0.702. The second-order valence-corrected chi connectivity index (χ2v) is 7.94. The van der Waals surface area contributed by atoms with Gasteiger partial charge in [0.15, 0.2) is 0 Å². The third-order valence-electron chi connectivity index (χ3n) is 5.56. The molecule has 150 valence electrons. The Balaban J connectivity index is 1.72. The van der Waals surface area contributed by atoms with E-state index in [1.165, 1.54) is 6.42 Å². The summed E-state index contributed by atoms with van der Waals surface area (Å²) in [6.07, 6.45) is 4.28. The summed E-state index contributed by atoms with van der Waals surface area (Å²) in [4.78, 5) is 20.2. The van der Waals surface area contributed by atoms with E-state index in [-0.39, 0.29) is 5.91 Å². The molecule has 0 N–H and O–H groups in total. The topological polar surface area (TPSA) is 38.1 Å². The zero-order valence-electron chi connectivity index (χ0n) is 16.8. The van der Waals surface area contributed by atoms with E-state index >= 15 is 0 Å². The lowest BCUT2D eigenvalue weighted by molar-refractivity contribution is 0.0746. The summed E-state index contributed by atoms with van der Waals surface area (Å²) in [5.41, 5.74) is 3.81. The van der Waals surface area contributed by atoms with Gasteiger partial charge in [0.05, 0.1) is 5.69 Å². The van der Waals surface area contributed by atoms with Crippen molar-refractivity contribution in [3.8, 4) is 11.4 Å². The molecular weight excluding hydrogens is 382 g/mol. The summed E-state index contributed by atoms with van der Waals surface area (Å²) in [6.45, 7) is 4.17. The predicted molar refractivity (Wildman–Crippen MR) is 117 cm³/mol. The second-order valence-electron chi connectivity index (χ2n) is 7.50. The van der Waals surface area contributed by atoms with Crippen LogP contribution in [0.1, 0.15) is 47.9 Å². The van der Waals surface area contributed by atoms with E-state index in [2.05, 4.69) is 16.7 Å². The molecule has 0 saturated carbocycles. The molecule has 0 unspecified atom stereocenters. The van der Waals surface area contributed by atoms with Crippen molar-refractivity contribution in [3.05, 3.63) is 76.6 Å². The Kier molecular flexibility index (Phi) is 6.00. The Bertz CT molecular complexity index is 979. The lowest BCUT2D eigenvalue weighted by atomic mass is 10.1. The van der Waals surface area contributed by atoms with Crippen LogP contribution in [0.4, 0.5) is 0 Å². The first-order valence-electron chi connectivity index (χ1n) is 10.4. The standard InChI is InChI=1S/C24H26ClN3O/c1-2-27(17-18-9-5-3-6-10-18)24(29)22-21-11-7-4-8-16-28(21)23(26-22)19-12-14-20(25)15-13-19/h3,5-6,9-10,12-15H,2,4,7-8,11,16-17H2,1H3. The Morgan fingerprint density at radius 2 is 1.83 bits per heavy atom. The van der Waals surface area contributed by atoms with Gasteiger partial charge in [0.2, 0.25) is 0 Å². The first-order chi connectivity index (χ1) is 14.2. The first kappa shape index (κ1) is 19.7. The predicted octanol–water partition coefficient (Wildman–Crippen LogP) is 5.59. The molecular formula is C24H26ClN3O. The van der Waals surface area contributed by atoms with Crippen LogP contribution in [-0.2, 0) is 19.5 Å². The molecule has 29 heavy (non-hydrogen) atoms. The molecule has 0 bridgehead atoms. The third kappa shape index (κ3) is 4.23. The fraction of sp³-hybridized carbons (Fsp3) is 0.333. The van der Waals surface area contributed by atoms with Crippen LogP contribution in [0.5, 0.6) is 0 Å². The number of aromatic nitrogens is 2. The number of fused-ring (bicyclic) bond motifs is 1. The van der Waals surface area contributed by atoms with Crippen LogP contribution in [0.3, 0.4) is 0 Å². The Morgan fingerprint density at radius 3 is 2.55 bits per heavy atom. The number of benzene rings is 2. The fourth-order valence-corrected chi connectivity index (χ4v) is 4.12. The number of rotatable bonds is 5. The molecule has 2 heterocycles. The molecule has 2 aromatic carbocycles. The number of halogens is 1. The highest BCUT2D eigenvalue weighted by Gasteiger charge is 2.27. The summed E-state index contributed by atoms with van der Waals surface area (Å²) in [6, 6.07) is 17.9. The van der Waals surface area contributed by atoms with Gasteiger partial charge >= 0.3 is 0 Å². The van der Waals surface area contributed by atoms with Crippen molar-refractivity contribution in [1.29, 1.82) is 0 Å². The second kappa shape index (κ2) is 8.83. The van der Waals surface area contributed by atoms with E-state index < -0.39 is 0 Å². The van der Waals surface area contributed by atoms with Crippen molar-refractivity contribution in [2.45, 2.75) is 45.7 Å². The monoisotopic (exact) mass is 407 g/mol. The van der Waals surface area contributed by atoms with Gasteiger partial charge in [-0.3, -0.25) is 4.79 Å². The minimum Gasteiger partial charge on any atom is -0.333 e. The van der Waals surface area contributed by atoms with Gasteiger partial charge in [0, 0.05) is 30.2 Å². The van der Waals surface area contributed by atoms with Gasteiger partial charge in [0.25, 0.3) is 5.91 Å². The number of carbonyl (C=O) groups is 1. The average molecular weight is 408 g/mol. The van der Waals surface area contributed by atoms with Crippen LogP contribution >= 0.6 is 11.6 Å². The molecule has 0 fully saturated rings. The van der Waals surface area contributed by atoms with Crippen LogP contribution in [0.2, 0.25) is 5.02 Å². The van der Waals surface area contributed by atoms with Gasteiger partial charge in [-0.15, -0.1) is 0 Å². The van der Waals surface area contributed by atoms with Crippen LogP contribution in [0.25, 0.3) is 11.4 Å². The van der Waals surface area contributed by atoms with E-state index in [1.807, 2.05) is 54.3 Å². The number of nitrogens with zero attached hydrogens (tertiary/aromatic N) is 3. The quantitative estimate of drug-likeness (QED) is 0.552. The SMILES string of the molecule is CCN(Cc1ccccc1)C(=O)c1nc(-c2ccc(Cl)cc2)n2c1CCCCC2. The summed E-state index contributed by atoms with van der Waals surface area (Å²) < 4.78 is 2.25. The molecule has 0 spiro atoms. The number of amides is 1. The lowest BCUT2D eigenvalue weighted by Gasteiger charge is -2.20. The molecule has 1 aromatic heterocycles. The first-order valence-corrected chi connectivity index (χ1v) is 10.7. The van der Waals surface area contributed by atoms with Gasteiger partial charge in [-0.1, -0.05) is 48.4 Å². The third-order valence-corrected chi connectivity index (χ3v) is 5.81. The maximum absolute atomic E-state index is 13.5. The largest absolute Gasteiger partial charge is 0.333 e. The molecule has 0 radical (unpaired) electrons. The Hall–Kier alpha value is -2.59. The number of imidazole rings is 1. The fourth-order valence-electron chi connectivity index (χ4n) is 3.99. The minimum atomic E-state index is 0.0159. The highest BCUT2D eigenvalue weighted by molar-refractivity contribution is 6.30. The van der Waals surface area contributed by atoms with E-state index in [4.69, 9.17) is 16.6 Å². The van der Waals surface area contributed by atoms with Gasteiger partial charge in [0.1, 0.15) is 11.5 Å². The molecule has 1 aliphatic heterocycles. The highest BCUT2D eigenvalue weighted by atomic mass is 35.5. The smallest absolute Gasteiger partial charge is 0.274 e. The molecule has 4 rings (SSSR count).